The van der Waals surface area contributed by atoms with Gasteiger partial charge in [-0.2, -0.15) is 0 Å². The van der Waals surface area contributed by atoms with E-state index in [0.29, 0.717) is 11.7 Å². The van der Waals surface area contributed by atoms with Crippen LogP contribution in [0.1, 0.15) is 52.4 Å². The van der Waals surface area contributed by atoms with E-state index in [2.05, 4.69) is 13.8 Å². The van der Waals surface area contributed by atoms with Crippen molar-refractivity contribution in [3.05, 3.63) is 12.2 Å². The fourth-order valence-corrected chi connectivity index (χ4v) is 2.23. The summed E-state index contributed by atoms with van der Waals surface area (Å²) >= 11 is 0. The molecule has 0 amide bonds. The molecule has 0 bridgehead atoms. The van der Waals surface area contributed by atoms with Gasteiger partial charge in [-0.15, -0.1) is 0 Å². The van der Waals surface area contributed by atoms with Gasteiger partial charge in [0.25, 0.3) is 0 Å². The number of allylic oxidation sites excluding steroid dienone is 2. The topological polar surface area (TPSA) is 17.1 Å². The van der Waals surface area contributed by atoms with Crippen molar-refractivity contribution in [1.29, 1.82) is 0 Å². The molecule has 0 unspecified atom stereocenters. The first-order valence-electron chi connectivity index (χ1n) is 5.98. The van der Waals surface area contributed by atoms with E-state index in [4.69, 9.17) is 0 Å². The Morgan fingerprint density at radius 2 is 1.86 bits per heavy atom. The van der Waals surface area contributed by atoms with E-state index in [-0.39, 0.29) is 0 Å². The standard InChI is InChI=1S/C13H22O/c1-3-5-6-13(14)12-9-7-11(4-2)8-10-12/h5-6,11-12H,3-4,7-10H2,1-2H3/b6-5+. The third-order valence-electron chi connectivity index (χ3n) is 3.34. The van der Waals surface area contributed by atoms with Crippen LogP contribution in [0.25, 0.3) is 0 Å². The highest BCUT2D eigenvalue weighted by Crippen LogP contribution is 2.31. The average molecular weight is 194 g/mol. The van der Waals surface area contributed by atoms with Gasteiger partial charge in [0.15, 0.2) is 5.78 Å². The normalized spacial score (nSPS) is 28.1. The summed E-state index contributed by atoms with van der Waals surface area (Å²) in [5.74, 6) is 1.58. The van der Waals surface area contributed by atoms with Crippen molar-refractivity contribution >= 4 is 5.78 Å². The molecule has 0 aromatic rings. The monoisotopic (exact) mass is 194 g/mol. The molecule has 0 aromatic heterocycles. The zero-order valence-electron chi connectivity index (χ0n) is 9.46. The Kier molecular flexibility index (Phi) is 4.92. The van der Waals surface area contributed by atoms with Crippen LogP contribution < -0.4 is 0 Å². The first kappa shape index (κ1) is 11.5. The fourth-order valence-electron chi connectivity index (χ4n) is 2.23. The van der Waals surface area contributed by atoms with Gasteiger partial charge in [-0.1, -0.05) is 26.3 Å². The predicted molar refractivity (Wildman–Crippen MR) is 60.2 cm³/mol. The van der Waals surface area contributed by atoms with Crippen LogP contribution in [-0.4, -0.2) is 5.78 Å². The second-order valence-electron chi connectivity index (χ2n) is 4.34. The molecule has 0 N–H and O–H groups in total. The van der Waals surface area contributed by atoms with Crippen molar-refractivity contribution in [2.24, 2.45) is 11.8 Å². The largest absolute Gasteiger partial charge is 0.295 e. The molecule has 0 aliphatic heterocycles. The average Bonchev–Trinajstić information content (AvgIpc) is 2.26. The maximum atomic E-state index is 11.7. The number of carbonyl (C=O) groups is 1. The lowest BCUT2D eigenvalue weighted by atomic mass is 9.79. The Morgan fingerprint density at radius 3 is 2.36 bits per heavy atom. The number of hydrogen-bond donors (Lipinski definition) is 0. The molecule has 14 heavy (non-hydrogen) atoms. The third kappa shape index (κ3) is 3.28. The first-order chi connectivity index (χ1) is 6.77. The maximum absolute atomic E-state index is 11.7. The van der Waals surface area contributed by atoms with Gasteiger partial charge in [0.05, 0.1) is 0 Å². The van der Waals surface area contributed by atoms with E-state index < -0.39 is 0 Å². The molecule has 1 fully saturated rings. The molecule has 0 heterocycles. The molecule has 0 radical (unpaired) electrons. The maximum Gasteiger partial charge on any atom is 0.158 e. The molecule has 1 aliphatic rings. The van der Waals surface area contributed by atoms with Crippen LogP contribution in [0.15, 0.2) is 12.2 Å². The SMILES string of the molecule is CC/C=C/C(=O)C1CCC(CC)CC1. The van der Waals surface area contributed by atoms with E-state index in [1.165, 1.54) is 19.3 Å². The van der Waals surface area contributed by atoms with Gasteiger partial charge in [0, 0.05) is 5.92 Å². The highest BCUT2D eigenvalue weighted by Gasteiger charge is 2.23. The van der Waals surface area contributed by atoms with E-state index in [0.717, 1.165) is 25.2 Å². The second-order valence-corrected chi connectivity index (χ2v) is 4.34. The van der Waals surface area contributed by atoms with Crippen LogP contribution in [0.4, 0.5) is 0 Å². The lowest BCUT2D eigenvalue weighted by Crippen LogP contribution is -2.20. The van der Waals surface area contributed by atoms with Crippen molar-refractivity contribution in [3.8, 4) is 0 Å². The summed E-state index contributed by atoms with van der Waals surface area (Å²) < 4.78 is 0. The molecule has 1 rings (SSSR count). The molecule has 0 spiro atoms. The molecule has 80 valence electrons. The van der Waals surface area contributed by atoms with Gasteiger partial charge in [0.1, 0.15) is 0 Å². The summed E-state index contributed by atoms with van der Waals surface area (Å²) in [6, 6.07) is 0. The van der Waals surface area contributed by atoms with Crippen LogP contribution in [0.5, 0.6) is 0 Å². The molecule has 1 aliphatic carbocycles. The van der Waals surface area contributed by atoms with E-state index in [1.54, 1.807) is 6.08 Å². The van der Waals surface area contributed by atoms with Crippen molar-refractivity contribution in [3.63, 3.8) is 0 Å². The molecular weight excluding hydrogens is 172 g/mol. The van der Waals surface area contributed by atoms with Gasteiger partial charge in [-0.05, 0) is 44.1 Å². The lowest BCUT2D eigenvalue weighted by Gasteiger charge is -2.25. The summed E-state index contributed by atoms with van der Waals surface area (Å²) in [5, 5.41) is 0. The molecule has 1 saturated carbocycles. The quantitative estimate of drug-likeness (QED) is 0.623. The second kappa shape index (κ2) is 6.00. The Morgan fingerprint density at radius 1 is 1.21 bits per heavy atom. The van der Waals surface area contributed by atoms with E-state index in [1.807, 2.05) is 6.08 Å². The van der Waals surface area contributed by atoms with Gasteiger partial charge < -0.3 is 0 Å². The van der Waals surface area contributed by atoms with Crippen LogP contribution in [0, 0.1) is 11.8 Å². The van der Waals surface area contributed by atoms with Crippen LogP contribution in [0.3, 0.4) is 0 Å². The predicted octanol–water partition coefficient (Wildman–Crippen LogP) is 3.74. The van der Waals surface area contributed by atoms with Gasteiger partial charge >= 0.3 is 0 Å². The molecule has 0 aromatic carbocycles. The summed E-state index contributed by atoms with van der Waals surface area (Å²) in [6.45, 7) is 4.32. The number of hydrogen-bond acceptors (Lipinski definition) is 1. The van der Waals surface area contributed by atoms with Gasteiger partial charge in [-0.3, -0.25) is 4.79 Å². The Labute approximate surface area is 87.6 Å². The number of ketones is 1. The third-order valence-corrected chi connectivity index (χ3v) is 3.34. The highest BCUT2D eigenvalue weighted by atomic mass is 16.1. The Bertz CT molecular complexity index is 197. The minimum atomic E-state index is 0.334. The van der Waals surface area contributed by atoms with E-state index in [9.17, 15) is 4.79 Å². The van der Waals surface area contributed by atoms with Crippen molar-refractivity contribution in [1.82, 2.24) is 0 Å². The summed E-state index contributed by atoms with van der Waals surface area (Å²) in [4.78, 5) is 11.7. The lowest BCUT2D eigenvalue weighted by molar-refractivity contribution is -0.119. The first-order valence-corrected chi connectivity index (χ1v) is 5.98. The van der Waals surface area contributed by atoms with E-state index >= 15 is 0 Å². The molecule has 1 nitrogen and oxygen atoms in total. The van der Waals surface area contributed by atoms with Crippen LogP contribution in [-0.2, 0) is 4.79 Å². The molecule has 0 saturated heterocycles. The van der Waals surface area contributed by atoms with Crippen LogP contribution >= 0.6 is 0 Å². The molecule has 0 atom stereocenters. The Hall–Kier alpha value is -0.590. The van der Waals surface area contributed by atoms with Crippen molar-refractivity contribution in [2.45, 2.75) is 52.4 Å². The summed E-state index contributed by atoms with van der Waals surface area (Å²) in [7, 11) is 0. The molecular formula is C13H22O. The summed E-state index contributed by atoms with van der Waals surface area (Å²) in [6.07, 6.45) is 10.8. The minimum Gasteiger partial charge on any atom is -0.295 e. The minimum absolute atomic E-state index is 0.334. The van der Waals surface area contributed by atoms with Crippen molar-refractivity contribution < 1.29 is 4.79 Å². The van der Waals surface area contributed by atoms with Gasteiger partial charge in [-0.25, -0.2) is 0 Å². The number of rotatable bonds is 4. The summed E-state index contributed by atoms with van der Waals surface area (Å²) in [5.41, 5.74) is 0. The Balaban J connectivity index is 2.34. The van der Waals surface area contributed by atoms with Crippen LogP contribution in [0.2, 0.25) is 0 Å². The number of carbonyl (C=O) groups excluding carboxylic acids is 1. The fraction of sp³-hybridized carbons (Fsp3) is 0.769. The van der Waals surface area contributed by atoms with Gasteiger partial charge in [0.2, 0.25) is 0 Å². The zero-order chi connectivity index (χ0) is 10.4. The highest BCUT2D eigenvalue weighted by molar-refractivity contribution is 5.91. The molecule has 1 heteroatoms. The zero-order valence-corrected chi connectivity index (χ0v) is 9.46. The van der Waals surface area contributed by atoms with Crippen molar-refractivity contribution in [2.75, 3.05) is 0 Å². The smallest absolute Gasteiger partial charge is 0.158 e.